The van der Waals surface area contributed by atoms with Crippen molar-refractivity contribution in [3.63, 3.8) is 0 Å². The molecule has 2 aromatic heterocycles. The van der Waals surface area contributed by atoms with Crippen LogP contribution < -0.4 is 0 Å². The van der Waals surface area contributed by atoms with Crippen molar-refractivity contribution in [3.05, 3.63) is 24.4 Å². The van der Waals surface area contributed by atoms with Gasteiger partial charge in [0.25, 0.3) is 0 Å². The number of aryl methyl sites for hydroxylation is 1. The molecule has 0 radical (unpaired) electrons. The topological polar surface area (TPSA) is 83.9 Å². The number of sulfonamides is 1. The third kappa shape index (κ3) is 3.02. The van der Waals surface area contributed by atoms with Crippen molar-refractivity contribution in [1.29, 1.82) is 0 Å². The number of likely N-dealkylation sites (N-methyl/N-ethyl adjacent to an activating group) is 1. The van der Waals surface area contributed by atoms with Gasteiger partial charge in [0.05, 0.1) is 12.6 Å². The van der Waals surface area contributed by atoms with Crippen LogP contribution in [0.2, 0.25) is 0 Å². The standard InChI is InChI=1S/C11H17N5O2S/c1-9-10(14-8-13-9)11-12-4-5-16(11)7-6-15(2)19(3,17)18/h4-5,8H,6-7H2,1-3H3,(H,13,14). The number of aromatic nitrogens is 4. The molecule has 1 N–H and O–H groups in total. The quantitative estimate of drug-likeness (QED) is 0.864. The summed E-state index contributed by atoms with van der Waals surface area (Å²) in [5.41, 5.74) is 1.72. The molecule has 2 aromatic rings. The van der Waals surface area contributed by atoms with Gasteiger partial charge in [-0.05, 0) is 6.92 Å². The third-order valence-electron chi connectivity index (χ3n) is 2.98. The van der Waals surface area contributed by atoms with Crippen LogP contribution in [0, 0.1) is 6.92 Å². The average Bonchev–Trinajstić information content (AvgIpc) is 2.92. The Hall–Kier alpha value is -1.67. The molecule has 0 unspecified atom stereocenters. The van der Waals surface area contributed by atoms with Gasteiger partial charge in [-0.15, -0.1) is 0 Å². The molecule has 2 heterocycles. The van der Waals surface area contributed by atoms with Crippen molar-refractivity contribution >= 4 is 10.0 Å². The van der Waals surface area contributed by atoms with Crippen molar-refractivity contribution in [2.75, 3.05) is 19.8 Å². The highest BCUT2D eigenvalue weighted by atomic mass is 32.2. The first-order valence-corrected chi connectivity index (χ1v) is 7.67. The predicted molar refractivity (Wildman–Crippen MR) is 72.0 cm³/mol. The van der Waals surface area contributed by atoms with Gasteiger partial charge in [0.15, 0.2) is 5.82 Å². The Morgan fingerprint density at radius 1 is 1.42 bits per heavy atom. The van der Waals surface area contributed by atoms with Crippen LogP contribution in [0.5, 0.6) is 0 Å². The fourth-order valence-corrected chi connectivity index (χ4v) is 2.12. The van der Waals surface area contributed by atoms with E-state index in [4.69, 9.17) is 0 Å². The van der Waals surface area contributed by atoms with Crippen LogP contribution in [0.15, 0.2) is 18.7 Å². The largest absolute Gasteiger partial charge is 0.348 e. The van der Waals surface area contributed by atoms with E-state index >= 15 is 0 Å². The zero-order valence-corrected chi connectivity index (χ0v) is 12.0. The van der Waals surface area contributed by atoms with Crippen molar-refractivity contribution in [1.82, 2.24) is 23.8 Å². The summed E-state index contributed by atoms with van der Waals surface area (Å²) in [6, 6.07) is 0. The molecular weight excluding hydrogens is 266 g/mol. The molecular formula is C11H17N5O2S. The number of H-pyrrole nitrogens is 1. The lowest BCUT2D eigenvalue weighted by molar-refractivity contribution is 0.450. The fraction of sp³-hybridized carbons (Fsp3) is 0.455. The molecule has 0 aliphatic carbocycles. The summed E-state index contributed by atoms with van der Waals surface area (Å²) in [5, 5.41) is 0. The molecule has 2 rings (SSSR count). The summed E-state index contributed by atoms with van der Waals surface area (Å²) < 4.78 is 25.9. The van der Waals surface area contributed by atoms with E-state index in [0.717, 1.165) is 17.2 Å². The molecule has 0 atom stereocenters. The lowest BCUT2D eigenvalue weighted by Crippen LogP contribution is -2.29. The second-order valence-electron chi connectivity index (χ2n) is 4.40. The van der Waals surface area contributed by atoms with Gasteiger partial charge in [-0.2, -0.15) is 0 Å². The van der Waals surface area contributed by atoms with Crippen LogP contribution in [-0.4, -0.2) is 52.1 Å². The van der Waals surface area contributed by atoms with E-state index < -0.39 is 10.0 Å². The third-order valence-corrected chi connectivity index (χ3v) is 4.29. The van der Waals surface area contributed by atoms with Crippen molar-refractivity contribution in [2.24, 2.45) is 0 Å². The number of rotatable bonds is 5. The Balaban J connectivity index is 2.16. The molecule has 0 bridgehead atoms. The van der Waals surface area contributed by atoms with Crippen LogP contribution >= 0.6 is 0 Å². The summed E-state index contributed by atoms with van der Waals surface area (Å²) in [7, 11) is -1.59. The maximum absolute atomic E-state index is 11.3. The molecule has 0 saturated carbocycles. The molecule has 104 valence electrons. The van der Waals surface area contributed by atoms with Gasteiger partial charge in [0.1, 0.15) is 5.69 Å². The molecule has 8 heteroatoms. The number of aromatic amines is 1. The minimum Gasteiger partial charge on any atom is -0.348 e. The monoisotopic (exact) mass is 283 g/mol. The minimum atomic E-state index is -3.15. The summed E-state index contributed by atoms with van der Waals surface area (Å²) >= 11 is 0. The molecule has 7 nitrogen and oxygen atoms in total. The fourth-order valence-electron chi connectivity index (χ4n) is 1.71. The van der Waals surface area contributed by atoms with E-state index in [1.54, 1.807) is 19.6 Å². The highest BCUT2D eigenvalue weighted by Crippen LogP contribution is 2.17. The van der Waals surface area contributed by atoms with Crippen LogP contribution in [0.4, 0.5) is 0 Å². The first-order valence-electron chi connectivity index (χ1n) is 5.82. The zero-order valence-electron chi connectivity index (χ0n) is 11.2. The molecule has 0 fully saturated rings. The molecule has 0 amide bonds. The smallest absolute Gasteiger partial charge is 0.211 e. The van der Waals surface area contributed by atoms with Gasteiger partial charge in [0.2, 0.25) is 10.0 Å². The number of hydrogen-bond acceptors (Lipinski definition) is 4. The van der Waals surface area contributed by atoms with Crippen LogP contribution in [0.1, 0.15) is 5.69 Å². The second-order valence-corrected chi connectivity index (χ2v) is 6.49. The van der Waals surface area contributed by atoms with E-state index in [-0.39, 0.29) is 0 Å². The Morgan fingerprint density at radius 3 is 2.74 bits per heavy atom. The lowest BCUT2D eigenvalue weighted by atomic mass is 10.3. The summed E-state index contributed by atoms with van der Waals surface area (Å²) in [6.45, 7) is 2.85. The van der Waals surface area contributed by atoms with Gasteiger partial charge >= 0.3 is 0 Å². The van der Waals surface area contributed by atoms with Crippen LogP contribution in [-0.2, 0) is 16.6 Å². The first kappa shape index (κ1) is 13.8. The van der Waals surface area contributed by atoms with Crippen LogP contribution in [0.25, 0.3) is 11.5 Å². The molecule has 0 aromatic carbocycles. The van der Waals surface area contributed by atoms with Crippen molar-refractivity contribution in [2.45, 2.75) is 13.5 Å². The maximum atomic E-state index is 11.3. The summed E-state index contributed by atoms with van der Waals surface area (Å²) in [6.07, 6.45) is 6.31. The highest BCUT2D eigenvalue weighted by molar-refractivity contribution is 7.88. The number of nitrogens with zero attached hydrogens (tertiary/aromatic N) is 4. The summed E-state index contributed by atoms with van der Waals surface area (Å²) in [5.74, 6) is 0.737. The van der Waals surface area contributed by atoms with E-state index in [0.29, 0.717) is 13.1 Å². The SMILES string of the molecule is Cc1[nH]cnc1-c1nccn1CCN(C)S(C)(=O)=O. The first-order chi connectivity index (χ1) is 8.89. The molecule has 0 aliphatic heterocycles. The van der Waals surface area contributed by atoms with Gasteiger partial charge in [-0.25, -0.2) is 22.7 Å². The van der Waals surface area contributed by atoms with Gasteiger partial charge in [0, 0.05) is 38.2 Å². The number of imidazole rings is 2. The minimum absolute atomic E-state index is 0.395. The average molecular weight is 283 g/mol. The molecule has 19 heavy (non-hydrogen) atoms. The predicted octanol–water partition coefficient (Wildman–Crippen LogP) is 0.473. The van der Waals surface area contributed by atoms with Gasteiger partial charge in [-0.3, -0.25) is 0 Å². The molecule has 0 spiro atoms. The second kappa shape index (κ2) is 5.14. The Labute approximate surface area is 112 Å². The van der Waals surface area contributed by atoms with E-state index in [1.807, 2.05) is 17.7 Å². The Kier molecular flexibility index (Phi) is 3.72. The maximum Gasteiger partial charge on any atom is 0.211 e. The van der Waals surface area contributed by atoms with Gasteiger partial charge < -0.3 is 9.55 Å². The molecule has 0 saturated heterocycles. The number of nitrogens with one attached hydrogen (secondary N) is 1. The Morgan fingerprint density at radius 2 is 2.16 bits per heavy atom. The van der Waals surface area contributed by atoms with Gasteiger partial charge in [-0.1, -0.05) is 0 Å². The highest BCUT2D eigenvalue weighted by Gasteiger charge is 2.14. The van der Waals surface area contributed by atoms with Crippen LogP contribution in [0.3, 0.4) is 0 Å². The van der Waals surface area contributed by atoms with E-state index in [2.05, 4.69) is 15.0 Å². The lowest BCUT2D eigenvalue weighted by Gasteiger charge is -2.15. The number of hydrogen-bond donors (Lipinski definition) is 1. The van der Waals surface area contributed by atoms with E-state index in [1.165, 1.54) is 10.6 Å². The molecule has 0 aliphatic rings. The van der Waals surface area contributed by atoms with E-state index in [9.17, 15) is 8.42 Å². The zero-order chi connectivity index (χ0) is 14.0. The Bertz CT molecular complexity index is 658. The summed E-state index contributed by atoms with van der Waals surface area (Å²) in [4.78, 5) is 11.5. The normalized spacial score (nSPS) is 12.2. The van der Waals surface area contributed by atoms with Crippen molar-refractivity contribution in [3.8, 4) is 11.5 Å². The van der Waals surface area contributed by atoms with Crippen molar-refractivity contribution < 1.29 is 8.42 Å².